The van der Waals surface area contributed by atoms with Crippen molar-refractivity contribution in [3.05, 3.63) is 76.5 Å². The van der Waals surface area contributed by atoms with Crippen molar-refractivity contribution in [2.45, 2.75) is 0 Å². The molecular weight excluding hydrogens is 216 g/mol. The Morgan fingerprint density at radius 2 is 1.88 bits per heavy atom. The molecule has 0 aliphatic rings. The SMILES string of the molecule is C=C(c1ccccc1)c1cccnc1[N+](=O)[O-]. The Morgan fingerprint density at radius 3 is 2.53 bits per heavy atom. The molecule has 1 aromatic carbocycles. The van der Waals surface area contributed by atoms with Crippen LogP contribution >= 0.6 is 0 Å². The van der Waals surface area contributed by atoms with E-state index in [1.165, 1.54) is 6.20 Å². The molecule has 0 N–H and O–H groups in total. The van der Waals surface area contributed by atoms with E-state index in [-0.39, 0.29) is 5.82 Å². The first-order valence-electron chi connectivity index (χ1n) is 5.04. The van der Waals surface area contributed by atoms with Crippen LogP contribution in [0.25, 0.3) is 5.57 Å². The highest BCUT2D eigenvalue weighted by atomic mass is 16.6. The van der Waals surface area contributed by atoms with Gasteiger partial charge in [-0.15, -0.1) is 0 Å². The van der Waals surface area contributed by atoms with Gasteiger partial charge in [-0.2, -0.15) is 0 Å². The first kappa shape index (κ1) is 11.0. The number of aromatic nitrogens is 1. The van der Waals surface area contributed by atoms with Gasteiger partial charge in [-0.25, -0.2) is 0 Å². The van der Waals surface area contributed by atoms with Gasteiger partial charge < -0.3 is 10.1 Å². The Kier molecular flexibility index (Phi) is 2.96. The molecule has 84 valence electrons. The third-order valence-corrected chi connectivity index (χ3v) is 2.41. The lowest BCUT2D eigenvalue weighted by molar-refractivity contribution is -0.389. The average Bonchev–Trinajstić information content (AvgIpc) is 2.39. The van der Waals surface area contributed by atoms with Gasteiger partial charge in [0.15, 0.2) is 0 Å². The van der Waals surface area contributed by atoms with E-state index in [0.717, 1.165) is 5.56 Å². The van der Waals surface area contributed by atoms with Gasteiger partial charge in [-0.1, -0.05) is 36.9 Å². The summed E-state index contributed by atoms with van der Waals surface area (Å²) >= 11 is 0. The van der Waals surface area contributed by atoms with E-state index >= 15 is 0 Å². The monoisotopic (exact) mass is 226 g/mol. The maximum Gasteiger partial charge on any atom is 0.371 e. The van der Waals surface area contributed by atoms with Crippen molar-refractivity contribution in [3.8, 4) is 0 Å². The van der Waals surface area contributed by atoms with Crippen molar-refractivity contribution >= 4 is 11.4 Å². The standard InChI is InChI=1S/C13H10N2O2/c1-10(11-6-3-2-4-7-11)12-8-5-9-14-13(12)15(16)17/h2-9H,1H2. The molecule has 1 heterocycles. The second-order valence-corrected chi connectivity index (χ2v) is 3.48. The fraction of sp³-hybridized carbons (Fsp3) is 0. The summed E-state index contributed by atoms with van der Waals surface area (Å²) in [6, 6.07) is 12.6. The fourth-order valence-electron chi connectivity index (χ4n) is 1.57. The normalized spacial score (nSPS) is 9.88. The molecule has 0 aliphatic heterocycles. The van der Waals surface area contributed by atoms with Crippen LogP contribution in [0.3, 0.4) is 0 Å². The summed E-state index contributed by atoms with van der Waals surface area (Å²) < 4.78 is 0. The zero-order valence-corrected chi connectivity index (χ0v) is 9.04. The quantitative estimate of drug-likeness (QED) is 0.597. The van der Waals surface area contributed by atoms with Crippen LogP contribution < -0.4 is 0 Å². The summed E-state index contributed by atoms with van der Waals surface area (Å²) in [6.07, 6.45) is 1.40. The fourth-order valence-corrected chi connectivity index (χ4v) is 1.57. The number of hydrogen-bond acceptors (Lipinski definition) is 3. The lowest BCUT2D eigenvalue weighted by Crippen LogP contribution is -1.97. The highest BCUT2D eigenvalue weighted by molar-refractivity contribution is 5.81. The minimum absolute atomic E-state index is 0.165. The average molecular weight is 226 g/mol. The third kappa shape index (κ3) is 2.20. The lowest BCUT2D eigenvalue weighted by atomic mass is 10.0. The first-order chi connectivity index (χ1) is 8.20. The lowest BCUT2D eigenvalue weighted by Gasteiger charge is -2.05. The van der Waals surface area contributed by atoms with Crippen molar-refractivity contribution < 1.29 is 4.92 Å². The zero-order chi connectivity index (χ0) is 12.3. The molecule has 0 atom stereocenters. The summed E-state index contributed by atoms with van der Waals surface area (Å²) in [5, 5.41) is 10.9. The van der Waals surface area contributed by atoms with Gasteiger partial charge in [0.2, 0.25) is 0 Å². The van der Waals surface area contributed by atoms with Crippen molar-refractivity contribution in [3.63, 3.8) is 0 Å². The van der Waals surface area contributed by atoms with Crippen LogP contribution in [0.4, 0.5) is 5.82 Å². The Balaban J connectivity index is 2.48. The Hall–Kier alpha value is -2.49. The largest absolute Gasteiger partial charge is 0.371 e. The van der Waals surface area contributed by atoms with Gasteiger partial charge in [0.05, 0.1) is 5.56 Å². The van der Waals surface area contributed by atoms with Crippen molar-refractivity contribution in [1.82, 2.24) is 4.98 Å². The summed E-state index contributed by atoms with van der Waals surface area (Å²) in [5.74, 6) is -0.165. The molecular formula is C13H10N2O2. The summed E-state index contributed by atoms with van der Waals surface area (Å²) in [6.45, 7) is 3.89. The van der Waals surface area contributed by atoms with Crippen LogP contribution in [-0.2, 0) is 0 Å². The molecule has 0 aliphatic carbocycles. The zero-order valence-electron chi connectivity index (χ0n) is 9.04. The Labute approximate surface area is 98.4 Å². The molecule has 0 spiro atoms. The molecule has 0 saturated carbocycles. The Morgan fingerprint density at radius 1 is 1.18 bits per heavy atom. The third-order valence-electron chi connectivity index (χ3n) is 2.41. The molecule has 0 fully saturated rings. The van der Waals surface area contributed by atoms with E-state index in [4.69, 9.17) is 0 Å². The summed E-state index contributed by atoms with van der Waals surface area (Å²) in [7, 11) is 0. The highest BCUT2D eigenvalue weighted by Crippen LogP contribution is 2.27. The van der Waals surface area contributed by atoms with E-state index in [9.17, 15) is 10.1 Å². The topological polar surface area (TPSA) is 56.0 Å². The maximum atomic E-state index is 10.9. The van der Waals surface area contributed by atoms with Gasteiger partial charge in [0.1, 0.15) is 6.20 Å². The van der Waals surface area contributed by atoms with Crippen LogP contribution in [0.1, 0.15) is 11.1 Å². The number of pyridine rings is 1. The minimum Gasteiger partial charge on any atom is -0.358 e. The van der Waals surface area contributed by atoms with Crippen LogP contribution in [0.2, 0.25) is 0 Å². The van der Waals surface area contributed by atoms with E-state index < -0.39 is 4.92 Å². The molecule has 0 amide bonds. The Bertz CT molecular complexity index is 565. The predicted octanol–water partition coefficient (Wildman–Crippen LogP) is 3.05. The molecule has 0 saturated heterocycles. The molecule has 4 heteroatoms. The molecule has 1 aromatic heterocycles. The molecule has 17 heavy (non-hydrogen) atoms. The van der Waals surface area contributed by atoms with Crippen molar-refractivity contribution in [2.24, 2.45) is 0 Å². The molecule has 2 aromatic rings. The van der Waals surface area contributed by atoms with Crippen molar-refractivity contribution in [2.75, 3.05) is 0 Å². The summed E-state index contributed by atoms with van der Waals surface area (Å²) in [4.78, 5) is 14.1. The van der Waals surface area contributed by atoms with Gasteiger partial charge in [-0.05, 0) is 33.2 Å². The van der Waals surface area contributed by atoms with Gasteiger partial charge in [-0.3, -0.25) is 0 Å². The second-order valence-electron chi connectivity index (χ2n) is 3.48. The molecule has 0 unspecified atom stereocenters. The van der Waals surface area contributed by atoms with Crippen LogP contribution in [0.5, 0.6) is 0 Å². The molecule has 0 bridgehead atoms. The van der Waals surface area contributed by atoms with Gasteiger partial charge in [0, 0.05) is 0 Å². The van der Waals surface area contributed by atoms with Crippen LogP contribution in [0.15, 0.2) is 55.2 Å². The second kappa shape index (κ2) is 4.57. The van der Waals surface area contributed by atoms with Crippen molar-refractivity contribution in [1.29, 1.82) is 0 Å². The number of hydrogen-bond donors (Lipinski definition) is 0. The van der Waals surface area contributed by atoms with E-state index in [2.05, 4.69) is 11.6 Å². The van der Waals surface area contributed by atoms with E-state index in [1.807, 2.05) is 30.3 Å². The van der Waals surface area contributed by atoms with Crippen LogP contribution in [0, 0.1) is 10.1 Å². The molecule has 2 rings (SSSR count). The highest BCUT2D eigenvalue weighted by Gasteiger charge is 2.17. The van der Waals surface area contributed by atoms with Gasteiger partial charge >= 0.3 is 5.82 Å². The number of nitro groups is 1. The molecule has 0 radical (unpaired) electrons. The number of rotatable bonds is 3. The predicted molar refractivity (Wildman–Crippen MR) is 65.5 cm³/mol. The van der Waals surface area contributed by atoms with Crippen LogP contribution in [-0.4, -0.2) is 9.91 Å². The smallest absolute Gasteiger partial charge is 0.358 e. The van der Waals surface area contributed by atoms with E-state index in [0.29, 0.717) is 11.1 Å². The summed E-state index contributed by atoms with van der Waals surface area (Å²) in [5.41, 5.74) is 1.90. The minimum atomic E-state index is -0.497. The number of nitrogens with zero attached hydrogens (tertiary/aromatic N) is 2. The first-order valence-corrected chi connectivity index (χ1v) is 5.04. The number of benzene rings is 1. The maximum absolute atomic E-state index is 10.9. The van der Waals surface area contributed by atoms with E-state index in [1.54, 1.807) is 12.1 Å². The molecule has 4 nitrogen and oxygen atoms in total. The van der Waals surface area contributed by atoms with Gasteiger partial charge in [0.25, 0.3) is 0 Å².